The molecule has 8 heteroatoms. The van der Waals surface area contributed by atoms with Gasteiger partial charge < -0.3 is 18.3 Å². The fourth-order valence-corrected chi connectivity index (χ4v) is 5.43. The van der Waals surface area contributed by atoms with Crippen LogP contribution in [0, 0.1) is 0 Å². The maximum Gasteiger partial charge on any atom is 0.258 e. The second kappa shape index (κ2) is 6.41. The molecule has 0 N–H and O–H groups in total. The number of hydrogen-bond acceptors (Lipinski definition) is 7. The first kappa shape index (κ1) is 18.8. The number of oxazole rings is 1. The molecule has 0 amide bonds. The molecule has 5 fully saturated rings. The molecule has 3 saturated carbocycles. The van der Waals surface area contributed by atoms with E-state index in [2.05, 4.69) is 18.1 Å². The zero-order valence-corrected chi connectivity index (χ0v) is 18.2. The Hall–Kier alpha value is -2.74. The Morgan fingerprint density at radius 2 is 2.03 bits per heavy atom. The van der Waals surface area contributed by atoms with Gasteiger partial charge in [-0.3, -0.25) is 4.79 Å². The van der Waals surface area contributed by atoms with Crippen molar-refractivity contribution in [3.63, 3.8) is 0 Å². The molecule has 166 valence electrons. The smallest absolute Gasteiger partial charge is 0.258 e. The number of ether oxygens (including phenoxy) is 2. The van der Waals surface area contributed by atoms with Gasteiger partial charge in [-0.2, -0.15) is 0 Å². The lowest BCUT2D eigenvalue weighted by Gasteiger charge is -2.41. The maximum atomic E-state index is 12.9. The fraction of sp³-hybridized carbons (Fsp3) is 0.583. The summed E-state index contributed by atoms with van der Waals surface area (Å²) in [4.78, 5) is 26.9. The van der Waals surface area contributed by atoms with Gasteiger partial charge in [0, 0.05) is 23.7 Å². The summed E-state index contributed by atoms with van der Waals surface area (Å²) in [5.41, 5.74) is 2.75. The minimum atomic E-state index is -0.0972. The molecule has 0 radical (unpaired) electrons. The quantitative estimate of drug-likeness (QED) is 0.523. The van der Waals surface area contributed by atoms with E-state index in [0.29, 0.717) is 35.7 Å². The van der Waals surface area contributed by atoms with Gasteiger partial charge in [-0.25, -0.2) is 15.0 Å². The summed E-state index contributed by atoms with van der Waals surface area (Å²) in [7, 11) is 0. The molecule has 32 heavy (non-hydrogen) atoms. The number of nitrogens with zero attached hydrogens (tertiary/aromatic N) is 4. The van der Waals surface area contributed by atoms with Gasteiger partial charge in [0.1, 0.15) is 18.1 Å². The lowest BCUT2D eigenvalue weighted by Crippen LogP contribution is -2.45. The lowest BCUT2D eigenvalue weighted by molar-refractivity contribution is 0.0154. The Morgan fingerprint density at radius 1 is 1.19 bits per heavy atom. The molecule has 3 aromatic rings. The van der Waals surface area contributed by atoms with Crippen molar-refractivity contribution in [2.45, 2.75) is 81.3 Å². The van der Waals surface area contributed by atoms with Crippen LogP contribution in [0.25, 0.3) is 5.65 Å². The molecule has 2 aliphatic heterocycles. The number of aromatic nitrogens is 4. The van der Waals surface area contributed by atoms with Crippen LogP contribution in [0.3, 0.4) is 0 Å². The Balaban J connectivity index is 1.21. The Labute approximate surface area is 185 Å². The van der Waals surface area contributed by atoms with Crippen LogP contribution in [0.15, 0.2) is 23.1 Å². The van der Waals surface area contributed by atoms with E-state index in [0.717, 1.165) is 49.9 Å². The van der Waals surface area contributed by atoms with E-state index < -0.39 is 0 Å². The molecular weight excluding hydrogens is 408 g/mol. The van der Waals surface area contributed by atoms with Crippen molar-refractivity contribution in [1.29, 1.82) is 0 Å². The summed E-state index contributed by atoms with van der Waals surface area (Å²) in [5, 5.41) is 0. The van der Waals surface area contributed by atoms with Crippen LogP contribution >= 0.6 is 0 Å². The summed E-state index contributed by atoms with van der Waals surface area (Å²) >= 11 is 0. The van der Waals surface area contributed by atoms with Crippen LogP contribution in [0.5, 0.6) is 5.88 Å². The Morgan fingerprint density at radius 3 is 2.72 bits per heavy atom. The summed E-state index contributed by atoms with van der Waals surface area (Å²) in [6.45, 7) is 2.88. The third-order valence-electron chi connectivity index (χ3n) is 7.53. The van der Waals surface area contributed by atoms with Gasteiger partial charge in [-0.05, 0) is 51.9 Å². The monoisotopic (exact) mass is 434 g/mol. The third kappa shape index (κ3) is 2.92. The van der Waals surface area contributed by atoms with Crippen molar-refractivity contribution in [2.75, 3.05) is 6.61 Å². The van der Waals surface area contributed by atoms with Crippen molar-refractivity contribution in [2.24, 2.45) is 0 Å². The van der Waals surface area contributed by atoms with Crippen LogP contribution < -0.4 is 4.74 Å². The predicted molar refractivity (Wildman–Crippen MR) is 113 cm³/mol. The standard InChI is InChI=1S/C24H26N4O4/c1-23-11-24(12-23,13-31-23)19-9-28-8-15(25-22(20(28)27-19)32-16-3-2-4-16)7-18(29)17-10-30-21(26-17)14-5-6-14/h8-10,14,16H,2-7,11-13H2,1H3. The minimum absolute atomic E-state index is 0.00615. The molecule has 0 atom stereocenters. The minimum Gasteiger partial charge on any atom is -0.472 e. The summed E-state index contributed by atoms with van der Waals surface area (Å²) < 4.78 is 19.7. The van der Waals surface area contributed by atoms with Gasteiger partial charge in [0.15, 0.2) is 11.7 Å². The second-order valence-electron chi connectivity index (χ2n) is 10.4. The topological polar surface area (TPSA) is 91.8 Å². The summed E-state index contributed by atoms with van der Waals surface area (Å²) in [5.74, 6) is 1.48. The van der Waals surface area contributed by atoms with E-state index in [1.807, 2.05) is 10.6 Å². The van der Waals surface area contributed by atoms with Crippen LogP contribution in [-0.2, 0) is 16.6 Å². The van der Waals surface area contributed by atoms with Crippen molar-refractivity contribution in [3.8, 4) is 5.88 Å². The van der Waals surface area contributed by atoms with E-state index in [1.165, 1.54) is 12.7 Å². The molecular formula is C24H26N4O4. The van der Waals surface area contributed by atoms with Gasteiger partial charge >= 0.3 is 0 Å². The maximum absolute atomic E-state index is 12.9. The first-order valence-corrected chi connectivity index (χ1v) is 11.7. The highest BCUT2D eigenvalue weighted by Gasteiger charge is 2.61. The van der Waals surface area contributed by atoms with E-state index in [4.69, 9.17) is 23.9 Å². The van der Waals surface area contributed by atoms with Crippen LogP contribution in [0.4, 0.5) is 0 Å². The van der Waals surface area contributed by atoms with Gasteiger partial charge in [0.05, 0.1) is 30.0 Å². The van der Waals surface area contributed by atoms with Crippen molar-refractivity contribution in [1.82, 2.24) is 19.4 Å². The number of fused-ring (bicyclic) bond motifs is 2. The molecule has 5 aliphatic rings. The van der Waals surface area contributed by atoms with Crippen molar-refractivity contribution in [3.05, 3.63) is 41.6 Å². The molecule has 0 spiro atoms. The number of carbonyl (C=O) groups excluding carboxylic acids is 1. The second-order valence-corrected chi connectivity index (χ2v) is 10.4. The largest absolute Gasteiger partial charge is 0.472 e. The third-order valence-corrected chi connectivity index (χ3v) is 7.53. The molecule has 2 bridgehead atoms. The Bertz CT molecular complexity index is 1230. The highest BCUT2D eigenvalue weighted by molar-refractivity contribution is 5.95. The normalized spacial score (nSPS) is 29.2. The van der Waals surface area contributed by atoms with Gasteiger partial charge in [-0.15, -0.1) is 0 Å². The average molecular weight is 434 g/mol. The molecule has 2 saturated heterocycles. The predicted octanol–water partition coefficient (Wildman–Crippen LogP) is 3.77. The van der Waals surface area contributed by atoms with Gasteiger partial charge in [0.25, 0.3) is 5.88 Å². The molecule has 3 aliphatic carbocycles. The SMILES string of the molecule is CC12CC(c3cn4cc(CC(=O)c5coc(C6CC6)n5)nc(OC5CCC5)c4n3)(CO1)C2. The van der Waals surface area contributed by atoms with Crippen LogP contribution in [0.2, 0.25) is 0 Å². The summed E-state index contributed by atoms with van der Waals surface area (Å²) in [6.07, 6.45) is 13.2. The number of Topliss-reactive ketones (excluding diaryl/α,β-unsaturated/α-hetero) is 1. The zero-order chi connectivity index (χ0) is 21.5. The number of rotatable bonds is 7. The highest BCUT2D eigenvalue weighted by atomic mass is 16.5. The molecule has 0 unspecified atom stereocenters. The number of hydrogen-bond donors (Lipinski definition) is 0. The van der Waals surface area contributed by atoms with Gasteiger partial charge in [0.2, 0.25) is 5.65 Å². The molecule has 3 aromatic heterocycles. The van der Waals surface area contributed by atoms with E-state index in [9.17, 15) is 4.79 Å². The molecule has 8 nitrogen and oxygen atoms in total. The number of carbonyl (C=O) groups is 1. The lowest BCUT2D eigenvalue weighted by atomic mass is 9.62. The molecule has 5 heterocycles. The molecule has 0 aromatic carbocycles. The molecule has 8 rings (SSSR count). The van der Waals surface area contributed by atoms with Crippen LogP contribution in [0.1, 0.15) is 85.6 Å². The van der Waals surface area contributed by atoms with E-state index in [-0.39, 0.29) is 29.3 Å². The van der Waals surface area contributed by atoms with Crippen molar-refractivity contribution < 1.29 is 18.7 Å². The average Bonchev–Trinajstić information content (AvgIpc) is 3.07. The van der Waals surface area contributed by atoms with Crippen LogP contribution in [-0.4, -0.2) is 43.4 Å². The summed E-state index contributed by atoms with van der Waals surface area (Å²) in [6, 6.07) is 0. The number of ketones is 1. The first-order valence-electron chi connectivity index (χ1n) is 11.7. The first-order chi connectivity index (χ1) is 15.5. The fourth-order valence-electron chi connectivity index (χ4n) is 5.43. The number of imidazole rings is 1. The van der Waals surface area contributed by atoms with Gasteiger partial charge in [-0.1, -0.05) is 0 Å². The Kier molecular flexibility index (Phi) is 3.76. The van der Waals surface area contributed by atoms with E-state index in [1.54, 1.807) is 0 Å². The van der Waals surface area contributed by atoms with E-state index >= 15 is 0 Å². The zero-order valence-electron chi connectivity index (χ0n) is 18.2. The van der Waals surface area contributed by atoms with Crippen molar-refractivity contribution >= 4 is 11.4 Å². The highest BCUT2D eigenvalue weighted by Crippen LogP contribution is 2.58.